The predicted molar refractivity (Wildman–Crippen MR) is 67.5 cm³/mol. The summed E-state index contributed by atoms with van der Waals surface area (Å²) in [4.78, 5) is 4.64. The highest BCUT2D eigenvalue weighted by molar-refractivity contribution is 7.99. The van der Waals surface area contributed by atoms with Crippen LogP contribution in [-0.2, 0) is 7.05 Å². The average molecular weight is 226 g/mol. The number of nitrogens with zero attached hydrogens (tertiary/aromatic N) is 2. The molecule has 0 amide bonds. The summed E-state index contributed by atoms with van der Waals surface area (Å²) in [6, 6.07) is 0. The molecule has 0 spiro atoms. The van der Waals surface area contributed by atoms with Crippen molar-refractivity contribution in [2.45, 2.75) is 45.7 Å². The largest absolute Gasteiger partial charge is 0.329 e. The fourth-order valence-corrected chi connectivity index (χ4v) is 2.15. The number of imidazole rings is 1. The topological polar surface area (TPSA) is 17.8 Å². The summed E-state index contributed by atoms with van der Waals surface area (Å²) in [5, 5.41) is 1.13. The van der Waals surface area contributed by atoms with E-state index < -0.39 is 0 Å². The molecule has 0 bridgehead atoms. The van der Waals surface area contributed by atoms with Gasteiger partial charge in [-0.2, -0.15) is 0 Å². The Morgan fingerprint density at radius 3 is 2.40 bits per heavy atom. The monoisotopic (exact) mass is 226 g/mol. The summed E-state index contributed by atoms with van der Waals surface area (Å²) in [7, 11) is 2.07. The molecule has 2 nitrogen and oxygen atoms in total. The van der Waals surface area contributed by atoms with Gasteiger partial charge in [0.15, 0.2) is 5.16 Å². The molecule has 0 saturated heterocycles. The van der Waals surface area contributed by atoms with Crippen molar-refractivity contribution in [2.75, 3.05) is 5.75 Å². The van der Waals surface area contributed by atoms with Crippen molar-refractivity contribution in [2.24, 2.45) is 12.5 Å². The molecule has 15 heavy (non-hydrogen) atoms. The first-order chi connectivity index (χ1) is 6.79. The van der Waals surface area contributed by atoms with Gasteiger partial charge in [0.05, 0.1) is 5.69 Å². The lowest BCUT2D eigenvalue weighted by molar-refractivity contribution is 0.480. The lowest BCUT2D eigenvalue weighted by Gasteiger charge is -2.16. The van der Waals surface area contributed by atoms with Crippen LogP contribution in [0.3, 0.4) is 0 Å². The number of rotatable bonds is 3. The Balaban J connectivity index is 2.69. The van der Waals surface area contributed by atoms with Crippen LogP contribution in [0, 0.1) is 5.41 Å². The molecule has 3 heteroatoms. The number of thioether (sulfide) groups is 1. The molecule has 0 fully saturated rings. The van der Waals surface area contributed by atoms with Gasteiger partial charge in [-0.3, -0.25) is 0 Å². The third kappa shape index (κ3) is 3.90. The van der Waals surface area contributed by atoms with E-state index in [1.165, 1.54) is 5.69 Å². The first-order valence-electron chi connectivity index (χ1n) is 5.45. The Morgan fingerprint density at radius 2 is 2.00 bits per heavy atom. The van der Waals surface area contributed by atoms with Crippen molar-refractivity contribution < 1.29 is 0 Å². The number of hydrogen-bond acceptors (Lipinski definition) is 2. The molecule has 0 aliphatic carbocycles. The quantitative estimate of drug-likeness (QED) is 0.732. The average Bonchev–Trinajstić information content (AvgIpc) is 2.42. The van der Waals surface area contributed by atoms with Gasteiger partial charge in [-0.15, -0.1) is 0 Å². The zero-order chi connectivity index (χ0) is 11.6. The summed E-state index contributed by atoms with van der Waals surface area (Å²) in [5.41, 5.74) is 1.54. The maximum absolute atomic E-state index is 4.64. The smallest absolute Gasteiger partial charge is 0.167 e. The van der Waals surface area contributed by atoms with Crippen LogP contribution in [0.1, 0.15) is 46.2 Å². The molecule has 0 N–H and O–H groups in total. The lowest BCUT2D eigenvalue weighted by Crippen LogP contribution is -2.08. The number of aryl methyl sites for hydroxylation is 1. The van der Waals surface area contributed by atoms with E-state index in [2.05, 4.69) is 57.4 Å². The van der Waals surface area contributed by atoms with Gasteiger partial charge >= 0.3 is 0 Å². The molecule has 0 radical (unpaired) electrons. The predicted octanol–water partition coefficient (Wildman–Crippen LogP) is 3.68. The van der Waals surface area contributed by atoms with Gasteiger partial charge in [-0.25, -0.2) is 4.98 Å². The van der Waals surface area contributed by atoms with Crippen LogP contribution >= 0.6 is 11.8 Å². The van der Waals surface area contributed by atoms with Crippen LogP contribution in [0.25, 0.3) is 0 Å². The normalized spacial score (nSPS) is 12.5. The Kier molecular flexibility index (Phi) is 3.87. The van der Waals surface area contributed by atoms with Crippen LogP contribution in [0.15, 0.2) is 11.4 Å². The minimum Gasteiger partial charge on any atom is -0.329 e. The number of aromatic nitrogens is 2. The molecule has 0 atom stereocenters. The van der Waals surface area contributed by atoms with Crippen LogP contribution in [0.5, 0.6) is 0 Å². The van der Waals surface area contributed by atoms with Crippen molar-refractivity contribution in [1.29, 1.82) is 0 Å². The second-order valence-corrected chi connectivity index (χ2v) is 6.51. The zero-order valence-electron chi connectivity index (χ0n) is 10.7. The van der Waals surface area contributed by atoms with E-state index in [4.69, 9.17) is 0 Å². The van der Waals surface area contributed by atoms with E-state index in [1.807, 2.05) is 11.8 Å². The maximum atomic E-state index is 4.64. The van der Waals surface area contributed by atoms with Crippen LogP contribution in [-0.4, -0.2) is 15.3 Å². The van der Waals surface area contributed by atoms with E-state index in [9.17, 15) is 0 Å². The SMILES string of the molecule is CC(C)c1cn(C)c(SCC(C)(C)C)n1. The highest BCUT2D eigenvalue weighted by Gasteiger charge is 2.14. The molecular formula is C12H22N2S. The molecule has 0 aliphatic heterocycles. The van der Waals surface area contributed by atoms with Crippen molar-refractivity contribution >= 4 is 11.8 Å². The van der Waals surface area contributed by atoms with Gasteiger partial charge in [0.25, 0.3) is 0 Å². The van der Waals surface area contributed by atoms with Gasteiger partial charge < -0.3 is 4.57 Å². The van der Waals surface area contributed by atoms with E-state index >= 15 is 0 Å². The van der Waals surface area contributed by atoms with Gasteiger partial charge in [-0.1, -0.05) is 46.4 Å². The zero-order valence-corrected chi connectivity index (χ0v) is 11.5. The van der Waals surface area contributed by atoms with Crippen molar-refractivity contribution in [1.82, 2.24) is 9.55 Å². The van der Waals surface area contributed by atoms with E-state index in [0.29, 0.717) is 11.3 Å². The van der Waals surface area contributed by atoms with Crippen molar-refractivity contribution in [3.63, 3.8) is 0 Å². The molecule has 0 unspecified atom stereocenters. The standard InChI is InChI=1S/C12H22N2S/c1-9(2)10-7-14(6)11(13-10)15-8-12(3,4)5/h7,9H,8H2,1-6H3. The fraction of sp³-hybridized carbons (Fsp3) is 0.750. The van der Waals surface area contributed by atoms with Gasteiger partial charge in [0, 0.05) is 19.0 Å². The molecule has 0 aliphatic rings. The molecule has 1 heterocycles. The minimum absolute atomic E-state index is 0.356. The number of hydrogen-bond donors (Lipinski definition) is 0. The summed E-state index contributed by atoms with van der Waals surface area (Å²) >= 11 is 1.84. The summed E-state index contributed by atoms with van der Waals surface area (Å²) < 4.78 is 2.13. The Bertz CT molecular complexity index is 321. The molecule has 1 rings (SSSR count). The van der Waals surface area contributed by atoms with E-state index in [0.717, 1.165) is 10.9 Å². The molecule has 0 aromatic carbocycles. The molecular weight excluding hydrogens is 204 g/mol. The Hall–Kier alpha value is -0.440. The van der Waals surface area contributed by atoms with Crippen molar-refractivity contribution in [3.05, 3.63) is 11.9 Å². The third-order valence-electron chi connectivity index (χ3n) is 2.08. The van der Waals surface area contributed by atoms with Crippen molar-refractivity contribution in [3.8, 4) is 0 Å². The summed E-state index contributed by atoms with van der Waals surface area (Å²) in [6.45, 7) is 11.1. The van der Waals surface area contributed by atoms with Crippen LogP contribution < -0.4 is 0 Å². The van der Waals surface area contributed by atoms with E-state index in [-0.39, 0.29) is 0 Å². The minimum atomic E-state index is 0.356. The fourth-order valence-electron chi connectivity index (χ4n) is 1.17. The second kappa shape index (κ2) is 4.60. The summed E-state index contributed by atoms with van der Waals surface area (Å²) in [6.07, 6.45) is 2.13. The highest BCUT2D eigenvalue weighted by Crippen LogP contribution is 2.27. The summed E-state index contributed by atoms with van der Waals surface area (Å²) in [5.74, 6) is 1.62. The Morgan fingerprint density at radius 1 is 1.40 bits per heavy atom. The molecule has 1 aromatic heterocycles. The Labute approximate surface area is 97.5 Å². The van der Waals surface area contributed by atoms with E-state index in [1.54, 1.807) is 0 Å². The van der Waals surface area contributed by atoms with Crippen LogP contribution in [0.4, 0.5) is 0 Å². The van der Waals surface area contributed by atoms with Gasteiger partial charge in [-0.05, 0) is 11.3 Å². The van der Waals surface area contributed by atoms with Gasteiger partial charge in [0.2, 0.25) is 0 Å². The van der Waals surface area contributed by atoms with Crippen LogP contribution in [0.2, 0.25) is 0 Å². The highest BCUT2D eigenvalue weighted by atomic mass is 32.2. The lowest BCUT2D eigenvalue weighted by atomic mass is 10.0. The van der Waals surface area contributed by atoms with Gasteiger partial charge in [0.1, 0.15) is 0 Å². The molecule has 1 aromatic rings. The molecule has 0 saturated carbocycles. The third-order valence-corrected chi connectivity index (χ3v) is 3.73. The molecule has 86 valence electrons. The second-order valence-electron chi connectivity index (χ2n) is 5.56. The maximum Gasteiger partial charge on any atom is 0.167 e. The first kappa shape index (κ1) is 12.6. The first-order valence-corrected chi connectivity index (χ1v) is 6.44.